The summed E-state index contributed by atoms with van der Waals surface area (Å²) in [5, 5.41) is 9.16. The maximum atomic E-state index is 13.7. The molecule has 232 valence electrons. The first kappa shape index (κ1) is 29.3. The molecule has 0 bridgehead atoms. The number of nitrogens with zero attached hydrogens (tertiary/aromatic N) is 3. The number of aromatic amines is 1. The summed E-state index contributed by atoms with van der Waals surface area (Å²) in [6.45, 7) is 2.59. The fourth-order valence-corrected chi connectivity index (χ4v) is 6.20. The van der Waals surface area contributed by atoms with Gasteiger partial charge in [0, 0.05) is 35.8 Å². The number of H-pyrrole nitrogens is 1. The Kier molecular flexibility index (Phi) is 7.31. The highest BCUT2D eigenvalue weighted by molar-refractivity contribution is 6.04. The van der Waals surface area contributed by atoms with Crippen LogP contribution in [0.1, 0.15) is 49.9 Å². The van der Waals surface area contributed by atoms with E-state index >= 15 is 0 Å². The van der Waals surface area contributed by atoms with Crippen LogP contribution in [0.3, 0.4) is 0 Å². The molecule has 1 aliphatic heterocycles. The van der Waals surface area contributed by atoms with Gasteiger partial charge in [-0.2, -0.15) is 18.3 Å². The zero-order chi connectivity index (χ0) is 32.0. The number of aromatic nitrogens is 3. The minimum Gasteiger partial charge on any atom is -0.448 e. The molecule has 2 heterocycles. The predicted molar refractivity (Wildman–Crippen MR) is 165 cm³/mol. The van der Waals surface area contributed by atoms with Gasteiger partial charge >= 0.3 is 12.3 Å². The predicted octanol–water partition coefficient (Wildman–Crippen LogP) is 7.36. The third kappa shape index (κ3) is 5.60. The van der Waals surface area contributed by atoms with E-state index in [-0.39, 0.29) is 29.6 Å². The molecule has 2 amide bonds. The van der Waals surface area contributed by atoms with Gasteiger partial charge in [0.1, 0.15) is 12.4 Å². The lowest BCUT2D eigenvalue weighted by Crippen LogP contribution is -2.37. The Morgan fingerprint density at radius 2 is 1.67 bits per heavy atom. The van der Waals surface area contributed by atoms with Crippen molar-refractivity contribution in [3.8, 4) is 22.5 Å². The molecule has 0 unspecified atom stereocenters. The van der Waals surface area contributed by atoms with Crippen molar-refractivity contribution in [2.45, 2.75) is 32.0 Å². The van der Waals surface area contributed by atoms with Crippen LogP contribution in [0.5, 0.6) is 0 Å². The standard InChI is InChI=1S/C35H28F3N5O3/c1-20-39-32(42-41-20)24-15-25(35(36,37)38)17-26(16-24)40-33(44)22-10-11-23-18-43(13-12-21(23)14-22)34(45)46-19-31-29-8-4-2-6-27(29)28-7-3-5-9-30(28)31/h2-11,14-17,31H,12-13,18-19H2,1H3,(H,40,44)(H,39,41,42). The molecule has 7 rings (SSSR count). The second-order valence-corrected chi connectivity index (χ2v) is 11.5. The van der Waals surface area contributed by atoms with Crippen molar-refractivity contribution in [2.24, 2.45) is 0 Å². The summed E-state index contributed by atoms with van der Waals surface area (Å²) in [5.74, 6) is -0.0571. The van der Waals surface area contributed by atoms with E-state index in [1.165, 1.54) is 6.07 Å². The number of nitrogens with one attached hydrogen (secondary N) is 2. The topological polar surface area (TPSA) is 100 Å². The molecule has 0 atom stereocenters. The van der Waals surface area contributed by atoms with Gasteiger partial charge in [-0.05, 0) is 77.1 Å². The Hall–Kier alpha value is -5.45. The van der Waals surface area contributed by atoms with Gasteiger partial charge in [-0.15, -0.1) is 0 Å². The molecule has 4 aromatic carbocycles. The molecule has 0 spiro atoms. The average molecular weight is 624 g/mol. The third-order valence-corrected chi connectivity index (χ3v) is 8.45. The number of rotatable bonds is 5. The molecule has 8 nitrogen and oxygen atoms in total. The van der Waals surface area contributed by atoms with Crippen molar-refractivity contribution in [1.29, 1.82) is 0 Å². The molecule has 2 N–H and O–H groups in total. The Morgan fingerprint density at radius 1 is 0.957 bits per heavy atom. The van der Waals surface area contributed by atoms with E-state index < -0.39 is 23.7 Å². The highest BCUT2D eigenvalue weighted by atomic mass is 19.4. The number of amides is 2. The van der Waals surface area contributed by atoms with Gasteiger partial charge < -0.3 is 15.0 Å². The zero-order valence-electron chi connectivity index (χ0n) is 24.7. The number of anilines is 1. The molecule has 0 radical (unpaired) electrons. The highest BCUT2D eigenvalue weighted by Crippen LogP contribution is 2.44. The van der Waals surface area contributed by atoms with Gasteiger partial charge in [0.25, 0.3) is 5.91 Å². The number of carbonyl (C=O) groups excluding carboxylic acids is 2. The first-order valence-corrected chi connectivity index (χ1v) is 14.8. The monoisotopic (exact) mass is 623 g/mol. The van der Waals surface area contributed by atoms with E-state index in [1.807, 2.05) is 24.3 Å². The van der Waals surface area contributed by atoms with Crippen molar-refractivity contribution in [1.82, 2.24) is 20.1 Å². The van der Waals surface area contributed by atoms with Crippen LogP contribution in [0.4, 0.5) is 23.7 Å². The van der Waals surface area contributed by atoms with E-state index in [0.717, 1.165) is 45.5 Å². The van der Waals surface area contributed by atoms with Gasteiger partial charge in [-0.3, -0.25) is 9.89 Å². The van der Waals surface area contributed by atoms with Crippen LogP contribution in [0, 0.1) is 6.92 Å². The summed E-state index contributed by atoms with van der Waals surface area (Å²) in [6, 6.07) is 24.6. The second-order valence-electron chi connectivity index (χ2n) is 11.5. The normalized spacial score (nSPS) is 14.0. The SMILES string of the molecule is Cc1nc(-c2cc(NC(=O)c3ccc4c(c3)CCN(C(=O)OCC3c5ccccc5-c5ccccc53)C4)cc(C(F)(F)F)c2)n[nH]1. The summed E-state index contributed by atoms with van der Waals surface area (Å²) in [4.78, 5) is 32.1. The van der Waals surface area contributed by atoms with Gasteiger partial charge in [0.05, 0.1) is 5.56 Å². The molecule has 1 aromatic heterocycles. The number of halogens is 3. The fraction of sp³-hybridized carbons (Fsp3) is 0.200. The van der Waals surface area contributed by atoms with Crippen LogP contribution in [0.25, 0.3) is 22.5 Å². The lowest BCUT2D eigenvalue weighted by Gasteiger charge is -2.29. The molecule has 0 saturated heterocycles. The van der Waals surface area contributed by atoms with Gasteiger partial charge in [0.2, 0.25) is 0 Å². The number of ether oxygens (including phenoxy) is 1. The van der Waals surface area contributed by atoms with Crippen LogP contribution in [0.15, 0.2) is 84.9 Å². The molecule has 5 aromatic rings. The van der Waals surface area contributed by atoms with Crippen LogP contribution in [-0.2, 0) is 23.9 Å². The largest absolute Gasteiger partial charge is 0.448 e. The number of benzene rings is 4. The number of alkyl halides is 3. The van der Waals surface area contributed by atoms with Gasteiger partial charge in [-0.1, -0.05) is 54.6 Å². The van der Waals surface area contributed by atoms with E-state index in [4.69, 9.17) is 4.74 Å². The number of hydrogen-bond donors (Lipinski definition) is 2. The van der Waals surface area contributed by atoms with Crippen molar-refractivity contribution >= 4 is 17.7 Å². The third-order valence-electron chi connectivity index (χ3n) is 8.45. The van der Waals surface area contributed by atoms with Crippen LogP contribution in [-0.4, -0.2) is 45.2 Å². The molecule has 11 heteroatoms. The minimum absolute atomic E-state index is 0.0311. The lowest BCUT2D eigenvalue weighted by molar-refractivity contribution is -0.137. The van der Waals surface area contributed by atoms with E-state index in [9.17, 15) is 22.8 Å². The van der Waals surface area contributed by atoms with Crippen LogP contribution in [0.2, 0.25) is 0 Å². The fourth-order valence-electron chi connectivity index (χ4n) is 6.20. The van der Waals surface area contributed by atoms with E-state index in [2.05, 4.69) is 44.8 Å². The van der Waals surface area contributed by atoms with Crippen molar-refractivity contribution in [3.63, 3.8) is 0 Å². The maximum absolute atomic E-state index is 13.7. The Bertz CT molecular complexity index is 1940. The van der Waals surface area contributed by atoms with Crippen LogP contribution < -0.4 is 5.32 Å². The quantitative estimate of drug-likeness (QED) is 0.213. The lowest BCUT2D eigenvalue weighted by atomic mass is 9.97. The number of carbonyl (C=O) groups is 2. The molecule has 0 saturated carbocycles. The zero-order valence-corrected chi connectivity index (χ0v) is 24.7. The number of fused-ring (bicyclic) bond motifs is 4. The Labute approximate surface area is 262 Å². The summed E-state index contributed by atoms with van der Waals surface area (Å²) in [6.07, 6.45) is -4.54. The second kappa shape index (κ2) is 11.5. The first-order valence-electron chi connectivity index (χ1n) is 14.8. The molecule has 2 aliphatic rings. The van der Waals surface area contributed by atoms with E-state index in [1.54, 1.807) is 30.0 Å². The summed E-state index contributed by atoms with van der Waals surface area (Å²) in [5.41, 5.74) is 5.80. The molecule has 1 aliphatic carbocycles. The Morgan fingerprint density at radius 3 is 2.35 bits per heavy atom. The average Bonchev–Trinajstić information content (AvgIpc) is 3.63. The Balaban J connectivity index is 1.03. The molecule has 46 heavy (non-hydrogen) atoms. The van der Waals surface area contributed by atoms with Crippen LogP contribution >= 0.6 is 0 Å². The number of aryl methyl sites for hydroxylation is 1. The number of hydrogen-bond acceptors (Lipinski definition) is 5. The minimum atomic E-state index is -4.63. The molecular formula is C35H28F3N5O3. The smallest absolute Gasteiger partial charge is 0.416 e. The van der Waals surface area contributed by atoms with Crippen molar-refractivity contribution < 1.29 is 27.5 Å². The van der Waals surface area contributed by atoms with Gasteiger partial charge in [-0.25, -0.2) is 9.78 Å². The summed E-state index contributed by atoms with van der Waals surface area (Å²) >= 11 is 0. The molecular weight excluding hydrogens is 595 g/mol. The maximum Gasteiger partial charge on any atom is 0.416 e. The van der Waals surface area contributed by atoms with E-state index in [0.29, 0.717) is 30.9 Å². The van der Waals surface area contributed by atoms with Gasteiger partial charge in [0.15, 0.2) is 5.82 Å². The summed E-state index contributed by atoms with van der Waals surface area (Å²) < 4.78 is 46.8. The summed E-state index contributed by atoms with van der Waals surface area (Å²) in [7, 11) is 0. The highest BCUT2D eigenvalue weighted by Gasteiger charge is 2.33. The van der Waals surface area contributed by atoms with Crippen molar-refractivity contribution in [2.75, 3.05) is 18.5 Å². The first-order chi connectivity index (χ1) is 22.1. The molecule has 0 fully saturated rings. The van der Waals surface area contributed by atoms with Crippen molar-refractivity contribution in [3.05, 3.63) is 124 Å².